The van der Waals surface area contributed by atoms with Gasteiger partial charge in [-0.1, -0.05) is 76.6 Å². The highest BCUT2D eigenvalue weighted by Crippen LogP contribution is 2.37. The molecule has 0 saturated heterocycles. The zero-order chi connectivity index (χ0) is 17.8. The van der Waals surface area contributed by atoms with Gasteiger partial charge in [0.1, 0.15) is 10.3 Å². The second kappa shape index (κ2) is 8.19. The molecule has 3 rings (SSSR count). The minimum atomic E-state index is -0.466. The maximum Gasteiger partial charge on any atom is 0.242 e. The van der Waals surface area contributed by atoms with Crippen LogP contribution in [0.3, 0.4) is 0 Å². The minimum Gasteiger partial charge on any atom is -0.325 e. The van der Waals surface area contributed by atoms with Crippen molar-refractivity contribution in [3.05, 3.63) is 69.1 Å². The SMILES string of the molecule is Cc1nnc(SC(C(=O)Nc2cc(Cl)cc(Cl)c2)c2ccccc2)s1. The van der Waals surface area contributed by atoms with Crippen LogP contribution in [0.1, 0.15) is 15.8 Å². The monoisotopic (exact) mass is 409 g/mol. The van der Waals surface area contributed by atoms with Crippen LogP contribution in [0.25, 0.3) is 0 Å². The van der Waals surface area contributed by atoms with Crippen molar-refractivity contribution in [3.63, 3.8) is 0 Å². The largest absolute Gasteiger partial charge is 0.325 e. The van der Waals surface area contributed by atoms with Crippen molar-refractivity contribution in [1.29, 1.82) is 0 Å². The summed E-state index contributed by atoms with van der Waals surface area (Å²) in [5.74, 6) is -0.178. The van der Waals surface area contributed by atoms with Gasteiger partial charge in [0.05, 0.1) is 0 Å². The molecule has 1 unspecified atom stereocenters. The molecule has 1 N–H and O–H groups in total. The standard InChI is InChI=1S/C17H13Cl2N3OS2/c1-10-21-22-17(24-10)25-15(11-5-3-2-4-6-11)16(23)20-14-8-12(18)7-13(19)9-14/h2-9,15H,1H3,(H,20,23). The van der Waals surface area contributed by atoms with Crippen LogP contribution in [0.15, 0.2) is 52.9 Å². The molecule has 0 aliphatic heterocycles. The Morgan fingerprint density at radius 2 is 1.80 bits per heavy atom. The lowest BCUT2D eigenvalue weighted by atomic mass is 10.1. The number of halogens is 2. The Balaban J connectivity index is 1.86. The van der Waals surface area contributed by atoms with Crippen LogP contribution in [0, 0.1) is 6.92 Å². The number of benzene rings is 2. The maximum atomic E-state index is 12.9. The van der Waals surface area contributed by atoms with Crippen molar-refractivity contribution in [2.75, 3.05) is 5.32 Å². The molecule has 0 saturated carbocycles. The molecule has 0 radical (unpaired) electrons. The van der Waals surface area contributed by atoms with Gasteiger partial charge in [-0.05, 0) is 30.7 Å². The molecule has 0 aliphatic carbocycles. The van der Waals surface area contributed by atoms with Crippen LogP contribution in [-0.4, -0.2) is 16.1 Å². The first kappa shape index (κ1) is 18.2. The first-order valence-corrected chi connectivity index (χ1v) is 9.75. The van der Waals surface area contributed by atoms with Crippen molar-refractivity contribution in [2.24, 2.45) is 0 Å². The fourth-order valence-corrected chi connectivity index (χ4v) is 4.70. The third kappa shape index (κ3) is 4.95. The number of aromatic nitrogens is 2. The quantitative estimate of drug-likeness (QED) is 0.555. The number of nitrogens with zero attached hydrogens (tertiary/aromatic N) is 2. The summed E-state index contributed by atoms with van der Waals surface area (Å²) < 4.78 is 0.741. The van der Waals surface area contributed by atoms with E-state index in [0.29, 0.717) is 15.7 Å². The van der Waals surface area contributed by atoms with E-state index in [4.69, 9.17) is 23.2 Å². The van der Waals surface area contributed by atoms with Crippen molar-refractivity contribution >= 4 is 57.9 Å². The summed E-state index contributed by atoms with van der Waals surface area (Å²) in [5.41, 5.74) is 1.43. The van der Waals surface area contributed by atoms with Gasteiger partial charge in [0.2, 0.25) is 5.91 Å². The fourth-order valence-electron chi connectivity index (χ4n) is 2.16. The molecule has 1 atom stereocenters. The van der Waals surface area contributed by atoms with Gasteiger partial charge in [-0.3, -0.25) is 4.79 Å². The van der Waals surface area contributed by atoms with Gasteiger partial charge >= 0.3 is 0 Å². The van der Waals surface area contributed by atoms with E-state index in [9.17, 15) is 4.79 Å². The average Bonchev–Trinajstić information content (AvgIpc) is 2.97. The number of hydrogen-bond acceptors (Lipinski definition) is 5. The fraction of sp³-hybridized carbons (Fsp3) is 0.118. The Hall–Kier alpha value is -1.60. The summed E-state index contributed by atoms with van der Waals surface area (Å²) in [5, 5.41) is 12.3. The molecule has 0 spiro atoms. The summed E-state index contributed by atoms with van der Waals surface area (Å²) in [4.78, 5) is 12.9. The lowest BCUT2D eigenvalue weighted by molar-refractivity contribution is -0.115. The molecule has 0 fully saturated rings. The molecular weight excluding hydrogens is 397 g/mol. The van der Waals surface area contributed by atoms with Gasteiger partial charge in [0, 0.05) is 15.7 Å². The third-order valence-electron chi connectivity index (χ3n) is 3.20. The van der Waals surface area contributed by atoms with E-state index < -0.39 is 5.25 Å². The summed E-state index contributed by atoms with van der Waals surface area (Å²) in [6, 6.07) is 14.5. The number of carbonyl (C=O) groups is 1. The lowest BCUT2D eigenvalue weighted by Gasteiger charge is -2.16. The second-order valence-electron chi connectivity index (χ2n) is 5.14. The maximum absolute atomic E-state index is 12.9. The number of thioether (sulfide) groups is 1. The Labute approximate surface area is 163 Å². The summed E-state index contributed by atoms with van der Waals surface area (Å²) in [6.45, 7) is 1.88. The van der Waals surface area contributed by atoms with E-state index in [2.05, 4.69) is 15.5 Å². The smallest absolute Gasteiger partial charge is 0.242 e. The number of rotatable bonds is 5. The van der Waals surface area contributed by atoms with Gasteiger partial charge < -0.3 is 5.32 Å². The van der Waals surface area contributed by atoms with Gasteiger partial charge in [-0.15, -0.1) is 10.2 Å². The van der Waals surface area contributed by atoms with E-state index in [0.717, 1.165) is 14.9 Å². The number of aryl methyl sites for hydroxylation is 1. The van der Waals surface area contributed by atoms with Crippen LogP contribution in [0.4, 0.5) is 5.69 Å². The van der Waals surface area contributed by atoms with Gasteiger partial charge in [-0.2, -0.15) is 0 Å². The summed E-state index contributed by atoms with van der Waals surface area (Å²) in [7, 11) is 0. The molecule has 1 heterocycles. The van der Waals surface area contributed by atoms with Crippen LogP contribution in [-0.2, 0) is 4.79 Å². The molecule has 0 aliphatic rings. The average molecular weight is 410 g/mol. The predicted octanol–water partition coefficient (Wildman–Crippen LogP) is 5.63. The van der Waals surface area contributed by atoms with E-state index in [1.54, 1.807) is 18.2 Å². The van der Waals surface area contributed by atoms with Crippen molar-refractivity contribution in [3.8, 4) is 0 Å². The van der Waals surface area contributed by atoms with Crippen molar-refractivity contribution in [1.82, 2.24) is 10.2 Å². The Kier molecular flexibility index (Phi) is 5.96. The first-order valence-electron chi connectivity index (χ1n) is 7.30. The normalized spacial score (nSPS) is 12.0. The number of carbonyl (C=O) groups excluding carboxylic acids is 1. The molecule has 4 nitrogen and oxygen atoms in total. The number of hydrogen-bond donors (Lipinski definition) is 1. The van der Waals surface area contributed by atoms with E-state index in [1.807, 2.05) is 37.3 Å². The molecule has 8 heteroatoms. The van der Waals surface area contributed by atoms with Crippen molar-refractivity contribution in [2.45, 2.75) is 16.5 Å². The first-order chi connectivity index (χ1) is 12.0. The predicted molar refractivity (Wildman–Crippen MR) is 105 cm³/mol. The third-order valence-corrected chi connectivity index (χ3v) is 5.81. The highest BCUT2D eigenvalue weighted by Gasteiger charge is 2.24. The number of nitrogens with one attached hydrogen (secondary N) is 1. The highest BCUT2D eigenvalue weighted by atomic mass is 35.5. The number of amides is 1. The van der Waals surface area contributed by atoms with E-state index in [-0.39, 0.29) is 5.91 Å². The minimum absolute atomic E-state index is 0.178. The zero-order valence-electron chi connectivity index (χ0n) is 13.1. The summed E-state index contributed by atoms with van der Waals surface area (Å²) in [6.07, 6.45) is 0. The Morgan fingerprint density at radius 1 is 1.12 bits per heavy atom. The van der Waals surface area contributed by atoms with Crippen LogP contribution in [0.5, 0.6) is 0 Å². The lowest BCUT2D eigenvalue weighted by Crippen LogP contribution is -2.19. The van der Waals surface area contributed by atoms with Crippen LogP contribution < -0.4 is 5.32 Å². The molecule has 3 aromatic rings. The molecule has 1 amide bonds. The molecule has 2 aromatic carbocycles. The van der Waals surface area contributed by atoms with Gasteiger partial charge in [0.15, 0.2) is 4.34 Å². The Bertz CT molecular complexity index is 866. The van der Waals surface area contributed by atoms with Crippen molar-refractivity contribution < 1.29 is 4.79 Å². The van der Waals surface area contributed by atoms with E-state index in [1.165, 1.54) is 23.1 Å². The Morgan fingerprint density at radius 3 is 2.40 bits per heavy atom. The molecule has 1 aromatic heterocycles. The topological polar surface area (TPSA) is 54.9 Å². The van der Waals surface area contributed by atoms with Gasteiger partial charge in [0.25, 0.3) is 0 Å². The number of anilines is 1. The molecule has 0 bridgehead atoms. The second-order valence-corrected chi connectivity index (χ2v) is 8.55. The van der Waals surface area contributed by atoms with Gasteiger partial charge in [-0.25, -0.2) is 0 Å². The molecular formula is C17H13Cl2N3OS2. The van der Waals surface area contributed by atoms with E-state index >= 15 is 0 Å². The zero-order valence-corrected chi connectivity index (χ0v) is 16.2. The summed E-state index contributed by atoms with van der Waals surface area (Å²) >= 11 is 14.8. The highest BCUT2D eigenvalue weighted by molar-refractivity contribution is 8.01. The van der Waals surface area contributed by atoms with Crippen LogP contribution in [0.2, 0.25) is 10.0 Å². The molecule has 25 heavy (non-hydrogen) atoms. The molecule has 128 valence electrons. The van der Waals surface area contributed by atoms with Crippen LogP contribution >= 0.6 is 46.3 Å².